The SMILES string of the molecule is CCC(CN)C(O)c1ccc(SC(F)(F)F)cc1. The van der Waals surface area contributed by atoms with Crippen LogP contribution in [0.4, 0.5) is 13.2 Å². The molecule has 0 fully saturated rings. The van der Waals surface area contributed by atoms with Crippen molar-refractivity contribution in [2.45, 2.75) is 29.9 Å². The molecule has 2 nitrogen and oxygen atoms in total. The summed E-state index contributed by atoms with van der Waals surface area (Å²) in [6, 6.07) is 5.74. The standard InChI is InChI=1S/C12H16F3NOS/c1-2-8(7-16)11(17)9-3-5-10(6-4-9)18-12(13,14)15/h3-6,8,11,17H,2,7,16H2,1H3. The van der Waals surface area contributed by atoms with Crippen LogP contribution < -0.4 is 5.73 Å². The Hall–Kier alpha value is -0.720. The monoisotopic (exact) mass is 279 g/mol. The van der Waals surface area contributed by atoms with Gasteiger partial charge in [0.15, 0.2) is 0 Å². The zero-order chi connectivity index (χ0) is 13.8. The van der Waals surface area contributed by atoms with Gasteiger partial charge in [-0.1, -0.05) is 19.1 Å². The van der Waals surface area contributed by atoms with Gasteiger partial charge < -0.3 is 10.8 Å². The van der Waals surface area contributed by atoms with E-state index in [1.807, 2.05) is 6.92 Å². The van der Waals surface area contributed by atoms with Crippen LogP contribution in [0.5, 0.6) is 0 Å². The molecule has 0 bridgehead atoms. The molecule has 0 heterocycles. The molecule has 0 saturated heterocycles. The van der Waals surface area contributed by atoms with Gasteiger partial charge in [0, 0.05) is 10.8 Å². The fourth-order valence-electron chi connectivity index (χ4n) is 1.66. The van der Waals surface area contributed by atoms with E-state index in [1.54, 1.807) is 0 Å². The number of rotatable bonds is 5. The number of aliphatic hydroxyl groups is 1. The third-order valence-corrected chi connectivity index (χ3v) is 3.47. The zero-order valence-electron chi connectivity index (χ0n) is 9.95. The van der Waals surface area contributed by atoms with Gasteiger partial charge >= 0.3 is 5.51 Å². The van der Waals surface area contributed by atoms with Crippen LogP contribution in [0.1, 0.15) is 25.0 Å². The number of benzene rings is 1. The Morgan fingerprint density at radius 1 is 1.28 bits per heavy atom. The van der Waals surface area contributed by atoms with Gasteiger partial charge in [0.1, 0.15) is 0 Å². The number of alkyl halides is 3. The van der Waals surface area contributed by atoms with Crippen LogP contribution in [-0.2, 0) is 0 Å². The summed E-state index contributed by atoms with van der Waals surface area (Å²) >= 11 is -0.165. The normalized spacial score (nSPS) is 15.4. The Labute approximate surface area is 108 Å². The van der Waals surface area contributed by atoms with Gasteiger partial charge in [-0.2, -0.15) is 13.2 Å². The van der Waals surface area contributed by atoms with Crippen LogP contribution in [0.3, 0.4) is 0 Å². The van der Waals surface area contributed by atoms with Gasteiger partial charge in [-0.05, 0) is 42.4 Å². The van der Waals surface area contributed by atoms with Gasteiger partial charge in [0.2, 0.25) is 0 Å². The molecule has 0 aromatic heterocycles. The number of hydrogen-bond acceptors (Lipinski definition) is 3. The maximum absolute atomic E-state index is 12.1. The molecule has 1 rings (SSSR count). The summed E-state index contributed by atoms with van der Waals surface area (Å²) in [7, 11) is 0. The third kappa shape index (κ3) is 4.51. The van der Waals surface area contributed by atoms with Crippen molar-refractivity contribution < 1.29 is 18.3 Å². The van der Waals surface area contributed by atoms with Crippen molar-refractivity contribution in [1.29, 1.82) is 0 Å². The second-order valence-corrected chi connectivity index (χ2v) is 5.10. The lowest BCUT2D eigenvalue weighted by molar-refractivity contribution is -0.0328. The Morgan fingerprint density at radius 2 is 1.83 bits per heavy atom. The summed E-state index contributed by atoms with van der Waals surface area (Å²) < 4.78 is 36.4. The van der Waals surface area contributed by atoms with E-state index >= 15 is 0 Å². The molecule has 0 amide bonds. The lowest BCUT2D eigenvalue weighted by Crippen LogP contribution is -2.21. The highest BCUT2D eigenvalue weighted by Gasteiger charge is 2.29. The maximum Gasteiger partial charge on any atom is 0.446 e. The molecular weight excluding hydrogens is 263 g/mol. The summed E-state index contributed by atoms with van der Waals surface area (Å²) in [6.07, 6.45) is -0.0126. The number of nitrogens with two attached hydrogens (primary N) is 1. The van der Waals surface area contributed by atoms with E-state index in [0.29, 0.717) is 12.1 Å². The van der Waals surface area contributed by atoms with E-state index in [9.17, 15) is 18.3 Å². The molecule has 0 aliphatic carbocycles. The van der Waals surface area contributed by atoms with Crippen molar-refractivity contribution in [2.75, 3.05) is 6.54 Å². The first-order chi connectivity index (χ1) is 8.37. The fraction of sp³-hybridized carbons (Fsp3) is 0.500. The van der Waals surface area contributed by atoms with E-state index in [4.69, 9.17) is 5.73 Å². The Kier molecular flexibility index (Phi) is 5.49. The highest BCUT2D eigenvalue weighted by atomic mass is 32.2. The average Bonchev–Trinajstić information content (AvgIpc) is 2.29. The molecule has 18 heavy (non-hydrogen) atoms. The van der Waals surface area contributed by atoms with Crippen LogP contribution in [0.15, 0.2) is 29.2 Å². The minimum Gasteiger partial charge on any atom is -0.388 e. The van der Waals surface area contributed by atoms with E-state index < -0.39 is 11.6 Å². The first-order valence-electron chi connectivity index (χ1n) is 5.61. The van der Waals surface area contributed by atoms with Crippen molar-refractivity contribution in [1.82, 2.24) is 0 Å². The summed E-state index contributed by atoms with van der Waals surface area (Å²) in [4.78, 5) is 0.110. The van der Waals surface area contributed by atoms with E-state index in [2.05, 4.69) is 0 Å². The molecule has 2 atom stereocenters. The van der Waals surface area contributed by atoms with Gasteiger partial charge in [-0.15, -0.1) is 0 Å². The molecule has 0 spiro atoms. The minimum absolute atomic E-state index is 0.0777. The Balaban J connectivity index is 2.76. The van der Waals surface area contributed by atoms with Crippen molar-refractivity contribution in [3.05, 3.63) is 29.8 Å². The zero-order valence-corrected chi connectivity index (χ0v) is 10.8. The topological polar surface area (TPSA) is 46.2 Å². The predicted octanol–water partition coefficient (Wildman–Crippen LogP) is 3.32. The summed E-state index contributed by atoms with van der Waals surface area (Å²) in [5.74, 6) is -0.0777. The van der Waals surface area contributed by atoms with Crippen LogP contribution in [0.2, 0.25) is 0 Å². The van der Waals surface area contributed by atoms with Gasteiger partial charge in [-0.3, -0.25) is 0 Å². The molecule has 6 heteroatoms. The molecule has 0 radical (unpaired) electrons. The molecule has 1 aromatic rings. The van der Waals surface area contributed by atoms with E-state index in [-0.39, 0.29) is 22.6 Å². The Bertz CT molecular complexity index is 363. The van der Waals surface area contributed by atoms with Crippen LogP contribution in [0.25, 0.3) is 0 Å². The predicted molar refractivity (Wildman–Crippen MR) is 66.1 cm³/mol. The molecule has 0 aliphatic heterocycles. The molecule has 102 valence electrons. The lowest BCUT2D eigenvalue weighted by atomic mass is 9.94. The number of halogens is 3. The number of hydrogen-bond donors (Lipinski definition) is 2. The van der Waals surface area contributed by atoms with Gasteiger partial charge in [0.05, 0.1) is 6.10 Å². The second kappa shape index (κ2) is 6.45. The fourth-order valence-corrected chi connectivity index (χ4v) is 2.20. The van der Waals surface area contributed by atoms with E-state index in [1.165, 1.54) is 24.3 Å². The molecular formula is C12H16F3NOS. The highest BCUT2D eigenvalue weighted by molar-refractivity contribution is 8.00. The van der Waals surface area contributed by atoms with Crippen LogP contribution in [0, 0.1) is 5.92 Å². The van der Waals surface area contributed by atoms with Crippen molar-refractivity contribution >= 4 is 11.8 Å². The molecule has 1 aromatic carbocycles. The number of thioether (sulfide) groups is 1. The largest absolute Gasteiger partial charge is 0.446 e. The first kappa shape index (κ1) is 15.3. The van der Waals surface area contributed by atoms with Crippen molar-refractivity contribution in [3.63, 3.8) is 0 Å². The number of aliphatic hydroxyl groups excluding tert-OH is 1. The third-order valence-electron chi connectivity index (χ3n) is 2.73. The lowest BCUT2D eigenvalue weighted by Gasteiger charge is -2.20. The summed E-state index contributed by atoms with van der Waals surface area (Å²) in [6.45, 7) is 2.26. The minimum atomic E-state index is -4.29. The van der Waals surface area contributed by atoms with Gasteiger partial charge in [0.25, 0.3) is 0 Å². The molecule has 2 unspecified atom stereocenters. The summed E-state index contributed by atoms with van der Waals surface area (Å²) in [5.41, 5.74) is 1.83. The highest BCUT2D eigenvalue weighted by Crippen LogP contribution is 2.37. The average molecular weight is 279 g/mol. The Morgan fingerprint density at radius 3 is 2.22 bits per heavy atom. The molecule has 0 saturated carbocycles. The smallest absolute Gasteiger partial charge is 0.388 e. The van der Waals surface area contributed by atoms with E-state index in [0.717, 1.165) is 6.42 Å². The van der Waals surface area contributed by atoms with Crippen LogP contribution >= 0.6 is 11.8 Å². The maximum atomic E-state index is 12.1. The molecule has 0 aliphatic rings. The molecule has 3 N–H and O–H groups in total. The van der Waals surface area contributed by atoms with Gasteiger partial charge in [-0.25, -0.2) is 0 Å². The first-order valence-corrected chi connectivity index (χ1v) is 6.43. The quantitative estimate of drug-likeness (QED) is 0.813. The van der Waals surface area contributed by atoms with Crippen molar-refractivity contribution in [3.8, 4) is 0 Å². The summed E-state index contributed by atoms with van der Waals surface area (Å²) in [5, 5.41) is 9.99. The van der Waals surface area contributed by atoms with Crippen molar-refractivity contribution in [2.24, 2.45) is 11.7 Å². The second-order valence-electron chi connectivity index (χ2n) is 3.97. The van der Waals surface area contributed by atoms with Crippen LogP contribution in [-0.4, -0.2) is 17.2 Å².